The summed E-state index contributed by atoms with van der Waals surface area (Å²) in [6.07, 6.45) is 12.1. The maximum Gasteiger partial charge on any atom is 0.316 e. The Bertz CT molecular complexity index is 2070. The van der Waals surface area contributed by atoms with Gasteiger partial charge >= 0.3 is 11.9 Å². The van der Waals surface area contributed by atoms with Gasteiger partial charge in [0, 0.05) is 63.3 Å². The van der Waals surface area contributed by atoms with E-state index in [1.807, 2.05) is 110 Å². The molecule has 4 fully saturated rings. The summed E-state index contributed by atoms with van der Waals surface area (Å²) in [5, 5.41) is 28.8. The topological polar surface area (TPSA) is 150 Å². The molecule has 7 unspecified atom stereocenters. The molecule has 4 aliphatic rings. The molecule has 3 aromatic carbocycles. The van der Waals surface area contributed by atoms with Crippen LogP contribution in [0, 0.1) is 0 Å². The van der Waals surface area contributed by atoms with Crippen molar-refractivity contribution >= 4 is 17.8 Å². The number of amides is 1. The van der Waals surface area contributed by atoms with Crippen LogP contribution in [0.15, 0.2) is 116 Å². The van der Waals surface area contributed by atoms with Crippen LogP contribution in [0.3, 0.4) is 0 Å². The molecule has 7 atom stereocenters. The fraction of sp³-hybridized carbons (Fsp3) is 0.519. The van der Waals surface area contributed by atoms with E-state index < -0.39 is 17.8 Å². The van der Waals surface area contributed by atoms with Crippen molar-refractivity contribution < 1.29 is 60.6 Å². The lowest BCUT2D eigenvalue weighted by molar-refractivity contribution is -0.968. The molecule has 12 nitrogen and oxygen atoms in total. The number of likely N-dealkylation sites (N-methyl/N-ethyl adjacent to an activating group) is 1. The second kappa shape index (κ2) is 25.7. The molecule has 4 saturated heterocycles. The highest BCUT2D eigenvalue weighted by Gasteiger charge is 2.54. The van der Waals surface area contributed by atoms with Crippen LogP contribution in [-0.4, -0.2) is 135 Å². The maximum absolute atomic E-state index is 12.7. The Kier molecular flexibility index (Phi) is 20.5. The van der Waals surface area contributed by atoms with Gasteiger partial charge in [0.1, 0.15) is 24.0 Å². The number of aliphatic hydroxyl groups excluding tert-OH is 3. The molecule has 13 heteroatoms. The first-order chi connectivity index (χ1) is 31.9. The fourth-order valence-corrected chi connectivity index (χ4v) is 10.8. The minimum Gasteiger partial charge on any atom is -1.00 e. The van der Waals surface area contributed by atoms with Crippen LogP contribution < -0.4 is 17.0 Å². The van der Waals surface area contributed by atoms with Gasteiger partial charge in [0.25, 0.3) is 0 Å². The molecular weight excluding hydrogens is 913 g/mol. The molecule has 8 rings (SSSR count). The lowest BCUT2D eigenvalue weighted by atomic mass is 9.94. The summed E-state index contributed by atoms with van der Waals surface area (Å²) in [4.78, 5) is 45.8. The summed E-state index contributed by atoms with van der Waals surface area (Å²) in [7, 11) is 4.53. The third kappa shape index (κ3) is 13.4. The van der Waals surface area contributed by atoms with Crippen LogP contribution in [0.1, 0.15) is 112 Å². The SMILES string of the molecule is CC(C)[N+]1(C)C2CCC1CC(OC(=O)C(CO)c1ccccc1)C2.CCN(Cc1ccncc1)C(=O)C(CO)c1ccccc1.CN1C2CCC1CC(OC(=O)C(CO)c1ccccc1)C2.[Br-]. The lowest BCUT2D eigenvalue weighted by Crippen LogP contribution is -3.00. The van der Waals surface area contributed by atoms with Gasteiger partial charge in [0.15, 0.2) is 0 Å². The number of piperidine rings is 2. The highest BCUT2D eigenvalue weighted by Crippen LogP contribution is 2.44. The summed E-state index contributed by atoms with van der Waals surface area (Å²) in [5.74, 6) is -2.28. The molecule has 0 aliphatic carbocycles. The highest BCUT2D eigenvalue weighted by molar-refractivity contribution is 5.84. The molecule has 0 spiro atoms. The standard InChI is InChI=1S/C20H30NO3.C17H20N2O2.C17H23NO3.BrH/c1-14(2)21(3)16-9-10-17(21)12-18(11-16)24-20(23)19(13-22)15-7-5-4-6-8-15;1-2-19(12-14-8-10-18-11-9-14)17(21)16(13-20)15-6-4-3-5-7-15;1-18-13-7-8-14(18)10-15(9-13)21-17(20)16(11-19)12-5-3-2-4-6-12;/h4-8,14,16-19,22H,9-13H2,1-3H3;3-11,16,20H,2,12-13H2,1H3;2-6,13-16,19H,7-11H2,1H3;1H/q+1;;;/p-1. The summed E-state index contributed by atoms with van der Waals surface area (Å²) >= 11 is 0. The van der Waals surface area contributed by atoms with Crippen LogP contribution in [0.25, 0.3) is 0 Å². The van der Waals surface area contributed by atoms with Gasteiger partial charge < -0.3 is 56.1 Å². The number of aromatic nitrogens is 1. The molecule has 0 saturated carbocycles. The second-order valence-corrected chi connectivity index (χ2v) is 19.0. The van der Waals surface area contributed by atoms with E-state index in [9.17, 15) is 29.7 Å². The number of rotatable bonds is 15. The van der Waals surface area contributed by atoms with E-state index in [2.05, 4.69) is 37.8 Å². The zero-order valence-electron chi connectivity index (χ0n) is 40.0. The molecule has 5 heterocycles. The van der Waals surface area contributed by atoms with Gasteiger partial charge in [-0.15, -0.1) is 0 Å². The lowest BCUT2D eigenvalue weighted by Gasteiger charge is -2.49. The number of quaternary nitrogens is 1. The number of ether oxygens (including phenoxy) is 2. The number of hydrogen-bond acceptors (Lipinski definition) is 10. The third-order valence-corrected chi connectivity index (χ3v) is 15.0. The molecule has 67 heavy (non-hydrogen) atoms. The number of hydrogen-bond donors (Lipinski definition) is 3. The average molecular weight is 986 g/mol. The van der Waals surface area contributed by atoms with E-state index in [1.54, 1.807) is 17.3 Å². The van der Waals surface area contributed by atoms with Gasteiger partial charge in [0.05, 0.1) is 50.9 Å². The normalized spacial score (nSPS) is 25.1. The summed E-state index contributed by atoms with van der Waals surface area (Å²) in [6, 6.07) is 34.9. The number of pyridine rings is 1. The number of benzene rings is 3. The number of nitrogens with zero attached hydrogens (tertiary/aromatic N) is 4. The van der Waals surface area contributed by atoms with Crippen LogP contribution in [0.4, 0.5) is 0 Å². The van der Waals surface area contributed by atoms with Crippen LogP contribution in [0.5, 0.6) is 0 Å². The number of fused-ring (bicyclic) bond motifs is 4. The van der Waals surface area contributed by atoms with Crippen molar-refractivity contribution in [2.45, 2.75) is 139 Å². The molecule has 4 aliphatic heterocycles. The number of esters is 2. The van der Waals surface area contributed by atoms with E-state index in [4.69, 9.17) is 9.47 Å². The Labute approximate surface area is 408 Å². The molecule has 0 radical (unpaired) electrons. The minimum absolute atomic E-state index is 0. The maximum atomic E-state index is 12.7. The largest absolute Gasteiger partial charge is 1.00 e. The smallest absolute Gasteiger partial charge is 0.316 e. The summed E-state index contributed by atoms with van der Waals surface area (Å²) < 4.78 is 12.7. The quantitative estimate of drug-likeness (QED) is 0.118. The molecule has 3 N–H and O–H groups in total. The predicted molar refractivity (Wildman–Crippen MR) is 255 cm³/mol. The highest BCUT2D eigenvalue weighted by atomic mass is 79.9. The van der Waals surface area contributed by atoms with Gasteiger partial charge in [-0.1, -0.05) is 91.0 Å². The van der Waals surface area contributed by atoms with Crippen molar-refractivity contribution in [1.82, 2.24) is 14.8 Å². The average Bonchev–Trinajstić information content (AvgIpc) is 3.61. The van der Waals surface area contributed by atoms with Gasteiger partial charge in [0.2, 0.25) is 5.91 Å². The van der Waals surface area contributed by atoms with Gasteiger partial charge in [-0.2, -0.15) is 0 Å². The summed E-state index contributed by atoms with van der Waals surface area (Å²) in [5.41, 5.74) is 3.52. The van der Waals surface area contributed by atoms with E-state index in [-0.39, 0.29) is 66.9 Å². The monoisotopic (exact) mass is 984 g/mol. The second-order valence-electron chi connectivity index (χ2n) is 19.0. The number of carbonyl (C=O) groups excluding carboxylic acids is 3. The Balaban J connectivity index is 0.000000187. The predicted octanol–water partition coefficient (Wildman–Crippen LogP) is 4.00. The zero-order chi connectivity index (χ0) is 47.2. The third-order valence-electron chi connectivity index (χ3n) is 15.0. The number of aliphatic hydroxyl groups is 3. The Hall–Kier alpha value is -4.50. The zero-order valence-corrected chi connectivity index (χ0v) is 41.6. The first-order valence-electron chi connectivity index (χ1n) is 24.0. The Morgan fingerprint density at radius 1 is 0.657 bits per heavy atom. The van der Waals surface area contributed by atoms with Gasteiger partial charge in [-0.25, -0.2) is 0 Å². The molecule has 364 valence electrons. The van der Waals surface area contributed by atoms with E-state index in [1.165, 1.54) is 25.7 Å². The number of carbonyl (C=O) groups is 3. The van der Waals surface area contributed by atoms with Gasteiger partial charge in [-0.3, -0.25) is 19.4 Å². The van der Waals surface area contributed by atoms with Crippen molar-refractivity contribution in [3.05, 3.63) is 138 Å². The molecule has 1 amide bonds. The van der Waals surface area contributed by atoms with Crippen molar-refractivity contribution in [2.75, 3.05) is 40.5 Å². The van der Waals surface area contributed by atoms with E-state index >= 15 is 0 Å². The Morgan fingerprint density at radius 2 is 1.06 bits per heavy atom. The molecule has 1 aromatic heterocycles. The van der Waals surface area contributed by atoms with Crippen LogP contribution in [0.2, 0.25) is 0 Å². The van der Waals surface area contributed by atoms with E-state index in [0.29, 0.717) is 43.3 Å². The van der Waals surface area contributed by atoms with Gasteiger partial charge in [-0.05, 0) is 87.9 Å². The molecule has 4 bridgehead atoms. The van der Waals surface area contributed by atoms with Crippen molar-refractivity contribution in [2.24, 2.45) is 0 Å². The van der Waals surface area contributed by atoms with Crippen LogP contribution in [-0.2, 0) is 30.4 Å². The Morgan fingerprint density at radius 3 is 1.45 bits per heavy atom. The molecular formula is C54H73BrN4O8. The first-order valence-corrected chi connectivity index (χ1v) is 24.0. The van der Waals surface area contributed by atoms with E-state index in [0.717, 1.165) is 52.4 Å². The number of halogens is 1. The summed E-state index contributed by atoms with van der Waals surface area (Å²) in [6.45, 7) is 7.08. The van der Waals surface area contributed by atoms with Crippen molar-refractivity contribution in [3.8, 4) is 0 Å². The van der Waals surface area contributed by atoms with Crippen LogP contribution >= 0.6 is 0 Å². The molecule has 4 aromatic rings. The van der Waals surface area contributed by atoms with Crippen molar-refractivity contribution in [1.29, 1.82) is 0 Å². The van der Waals surface area contributed by atoms with Crippen molar-refractivity contribution in [3.63, 3.8) is 0 Å². The minimum atomic E-state index is -0.572. The first kappa shape index (κ1) is 53.5. The fourth-order valence-electron chi connectivity index (χ4n) is 10.8.